The summed E-state index contributed by atoms with van der Waals surface area (Å²) in [5, 5.41) is 9.49. The second kappa shape index (κ2) is 6.60. The number of aryl methyl sites for hydroxylation is 1. The van der Waals surface area contributed by atoms with Crippen LogP contribution in [0, 0.1) is 6.92 Å². The van der Waals surface area contributed by atoms with Crippen molar-refractivity contribution in [3.8, 4) is 17.2 Å². The van der Waals surface area contributed by atoms with E-state index in [2.05, 4.69) is 0 Å². The normalized spacial score (nSPS) is 13.6. The Hall–Kier alpha value is -2.69. The third-order valence-corrected chi connectivity index (χ3v) is 3.76. The van der Waals surface area contributed by atoms with Crippen LogP contribution < -0.4 is 14.2 Å². The summed E-state index contributed by atoms with van der Waals surface area (Å²) in [7, 11) is 0. The molecule has 1 aliphatic heterocycles. The van der Waals surface area contributed by atoms with Crippen molar-refractivity contribution in [3.63, 3.8) is 0 Å². The predicted molar refractivity (Wildman–Crippen MR) is 84.2 cm³/mol. The van der Waals surface area contributed by atoms with E-state index < -0.39 is 11.9 Å². The number of benzene rings is 2. The quantitative estimate of drug-likeness (QED) is 0.885. The maximum Gasteiger partial charge on any atom is 0.311 e. The van der Waals surface area contributed by atoms with Crippen LogP contribution >= 0.6 is 0 Å². The molecule has 0 saturated heterocycles. The summed E-state index contributed by atoms with van der Waals surface area (Å²) < 4.78 is 16.2. The highest BCUT2D eigenvalue weighted by atomic mass is 16.7. The lowest BCUT2D eigenvalue weighted by Crippen LogP contribution is -2.15. The molecule has 2 aromatic rings. The molecular weight excluding hydrogens is 296 g/mol. The molecule has 0 bridgehead atoms. The molecule has 0 spiro atoms. The summed E-state index contributed by atoms with van der Waals surface area (Å²) in [5.41, 5.74) is 1.79. The zero-order valence-electron chi connectivity index (χ0n) is 12.8. The molecule has 0 aromatic heterocycles. The molecule has 2 aromatic carbocycles. The van der Waals surface area contributed by atoms with Crippen molar-refractivity contribution in [2.24, 2.45) is 0 Å². The Bertz CT molecular complexity index is 710. The highest BCUT2D eigenvalue weighted by Crippen LogP contribution is 2.35. The van der Waals surface area contributed by atoms with Crippen molar-refractivity contribution >= 4 is 5.97 Å². The minimum Gasteiger partial charge on any atom is -0.494 e. The molecule has 1 unspecified atom stereocenters. The maximum atomic E-state index is 11.6. The molecule has 0 amide bonds. The number of hydrogen-bond donors (Lipinski definition) is 1. The Balaban J connectivity index is 1.66. The zero-order valence-corrected chi connectivity index (χ0v) is 12.8. The lowest BCUT2D eigenvalue weighted by Gasteiger charge is -2.14. The SMILES string of the molecule is Cc1cccc(OCCC(C(=O)O)c2ccc3c(c2)OCO3)c1. The first kappa shape index (κ1) is 15.2. The second-order valence-electron chi connectivity index (χ2n) is 5.46. The summed E-state index contributed by atoms with van der Waals surface area (Å²) in [6.45, 7) is 2.49. The van der Waals surface area contributed by atoms with Crippen molar-refractivity contribution in [3.05, 3.63) is 53.6 Å². The van der Waals surface area contributed by atoms with Crippen molar-refractivity contribution in [1.29, 1.82) is 0 Å². The van der Waals surface area contributed by atoms with Crippen molar-refractivity contribution in [1.82, 2.24) is 0 Å². The number of ether oxygens (including phenoxy) is 3. The van der Waals surface area contributed by atoms with E-state index in [1.54, 1.807) is 18.2 Å². The Labute approximate surface area is 134 Å². The Kier molecular flexibility index (Phi) is 4.37. The molecule has 1 atom stereocenters. The molecule has 1 N–H and O–H groups in total. The minimum absolute atomic E-state index is 0.174. The molecule has 3 rings (SSSR count). The fraction of sp³-hybridized carbons (Fsp3) is 0.278. The van der Waals surface area contributed by atoms with E-state index in [1.165, 1.54) is 0 Å². The van der Waals surface area contributed by atoms with Gasteiger partial charge in [0.1, 0.15) is 5.75 Å². The van der Waals surface area contributed by atoms with Crippen LogP contribution in [0.4, 0.5) is 0 Å². The molecule has 0 radical (unpaired) electrons. The Morgan fingerprint density at radius 2 is 2.04 bits per heavy atom. The standard InChI is InChI=1S/C18H18O5/c1-12-3-2-4-14(9-12)21-8-7-15(18(19)20)13-5-6-16-17(10-13)23-11-22-16/h2-6,9-10,15H,7-8,11H2,1H3,(H,19,20). The molecule has 5 nitrogen and oxygen atoms in total. The van der Waals surface area contributed by atoms with Crippen LogP contribution in [0.25, 0.3) is 0 Å². The minimum atomic E-state index is -0.878. The summed E-state index contributed by atoms with van der Waals surface area (Å²) in [4.78, 5) is 11.6. The molecule has 120 valence electrons. The first-order valence-corrected chi connectivity index (χ1v) is 7.45. The number of carboxylic acids is 1. The van der Waals surface area contributed by atoms with Gasteiger partial charge in [-0.25, -0.2) is 0 Å². The van der Waals surface area contributed by atoms with E-state index in [-0.39, 0.29) is 6.79 Å². The zero-order chi connectivity index (χ0) is 16.2. The molecule has 1 aliphatic rings. The van der Waals surface area contributed by atoms with Crippen LogP contribution in [-0.4, -0.2) is 24.5 Å². The molecule has 23 heavy (non-hydrogen) atoms. The highest BCUT2D eigenvalue weighted by Gasteiger charge is 2.23. The highest BCUT2D eigenvalue weighted by molar-refractivity contribution is 5.76. The van der Waals surface area contributed by atoms with Gasteiger partial charge in [0.25, 0.3) is 0 Å². The number of fused-ring (bicyclic) bond motifs is 1. The van der Waals surface area contributed by atoms with Gasteiger partial charge < -0.3 is 19.3 Å². The molecule has 0 fully saturated rings. The lowest BCUT2D eigenvalue weighted by atomic mass is 9.96. The van der Waals surface area contributed by atoms with Crippen LogP contribution in [0.3, 0.4) is 0 Å². The van der Waals surface area contributed by atoms with Gasteiger partial charge in [-0.3, -0.25) is 4.79 Å². The van der Waals surface area contributed by atoms with Crippen molar-refractivity contribution < 1.29 is 24.1 Å². The summed E-state index contributed by atoms with van der Waals surface area (Å²) in [5.74, 6) is 0.466. The smallest absolute Gasteiger partial charge is 0.311 e. The van der Waals surface area contributed by atoms with Crippen LogP contribution in [0.1, 0.15) is 23.5 Å². The topological polar surface area (TPSA) is 65.0 Å². The lowest BCUT2D eigenvalue weighted by molar-refractivity contribution is -0.139. The van der Waals surface area contributed by atoms with Gasteiger partial charge in [-0.2, -0.15) is 0 Å². The number of carboxylic acid groups (broad SMARTS) is 1. The maximum absolute atomic E-state index is 11.6. The fourth-order valence-electron chi connectivity index (χ4n) is 2.56. The van der Waals surface area contributed by atoms with E-state index in [9.17, 15) is 9.90 Å². The first-order chi connectivity index (χ1) is 11.1. The van der Waals surface area contributed by atoms with Crippen LogP contribution in [-0.2, 0) is 4.79 Å². The van der Waals surface area contributed by atoms with Gasteiger partial charge in [0, 0.05) is 0 Å². The Morgan fingerprint density at radius 3 is 2.83 bits per heavy atom. The van der Waals surface area contributed by atoms with E-state index >= 15 is 0 Å². The van der Waals surface area contributed by atoms with Crippen molar-refractivity contribution in [2.75, 3.05) is 13.4 Å². The summed E-state index contributed by atoms with van der Waals surface area (Å²) >= 11 is 0. The number of hydrogen-bond acceptors (Lipinski definition) is 4. The average Bonchev–Trinajstić information content (AvgIpc) is 2.99. The summed E-state index contributed by atoms with van der Waals surface area (Å²) in [6, 6.07) is 12.9. The number of rotatable bonds is 6. The monoisotopic (exact) mass is 314 g/mol. The molecule has 0 aliphatic carbocycles. The predicted octanol–water partition coefficient (Wildman–Crippen LogP) is 3.36. The first-order valence-electron chi connectivity index (χ1n) is 7.45. The molecular formula is C18H18O5. The van der Waals surface area contributed by atoms with Gasteiger partial charge >= 0.3 is 5.97 Å². The van der Waals surface area contributed by atoms with Gasteiger partial charge in [0.15, 0.2) is 11.5 Å². The molecule has 1 heterocycles. The van der Waals surface area contributed by atoms with Gasteiger partial charge in [-0.15, -0.1) is 0 Å². The van der Waals surface area contributed by atoms with E-state index in [0.717, 1.165) is 11.3 Å². The van der Waals surface area contributed by atoms with E-state index in [1.807, 2.05) is 31.2 Å². The van der Waals surface area contributed by atoms with Crippen LogP contribution in [0.15, 0.2) is 42.5 Å². The van der Waals surface area contributed by atoms with E-state index in [4.69, 9.17) is 14.2 Å². The third-order valence-electron chi connectivity index (χ3n) is 3.76. The van der Waals surface area contributed by atoms with Gasteiger partial charge in [-0.1, -0.05) is 18.2 Å². The van der Waals surface area contributed by atoms with Crippen LogP contribution in [0.2, 0.25) is 0 Å². The van der Waals surface area contributed by atoms with E-state index in [0.29, 0.717) is 30.1 Å². The van der Waals surface area contributed by atoms with Crippen LogP contribution in [0.5, 0.6) is 17.2 Å². The number of aliphatic carboxylic acids is 1. The number of carbonyl (C=O) groups is 1. The fourth-order valence-corrected chi connectivity index (χ4v) is 2.56. The summed E-state index contributed by atoms with van der Waals surface area (Å²) in [6.07, 6.45) is 0.378. The van der Waals surface area contributed by atoms with Gasteiger partial charge in [0.05, 0.1) is 12.5 Å². The Morgan fingerprint density at radius 1 is 1.22 bits per heavy atom. The third kappa shape index (κ3) is 3.56. The average molecular weight is 314 g/mol. The molecule has 0 saturated carbocycles. The second-order valence-corrected chi connectivity index (χ2v) is 5.46. The molecule has 5 heteroatoms. The van der Waals surface area contributed by atoms with Crippen molar-refractivity contribution in [2.45, 2.75) is 19.3 Å². The van der Waals surface area contributed by atoms with Gasteiger partial charge in [-0.05, 0) is 48.7 Å². The van der Waals surface area contributed by atoms with Gasteiger partial charge in [0.2, 0.25) is 6.79 Å². The largest absolute Gasteiger partial charge is 0.494 e.